The predicted molar refractivity (Wildman–Crippen MR) is 43.4 cm³/mol. The topological polar surface area (TPSA) is 50.4 Å². The molecule has 1 aromatic heterocycles. The Hall–Kier alpha value is -1.84. The Morgan fingerprint density at radius 1 is 1.31 bits per heavy atom. The molecular formula is C9H8NO3+. The van der Waals surface area contributed by atoms with E-state index in [9.17, 15) is 9.90 Å². The number of hydrogen-bond acceptors (Lipinski definition) is 3. The fraction of sp³-hybridized carbons (Fsp3) is 0.111. The highest BCUT2D eigenvalue weighted by atomic mass is 16.5. The van der Waals surface area contributed by atoms with Crippen molar-refractivity contribution in [3.8, 4) is 0 Å². The van der Waals surface area contributed by atoms with Crippen LogP contribution >= 0.6 is 0 Å². The summed E-state index contributed by atoms with van der Waals surface area (Å²) < 4.78 is 6.18. The molecule has 66 valence electrons. The van der Waals surface area contributed by atoms with Crippen molar-refractivity contribution in [1.82, 2.24) is 0 Å². The van der Waals surface area contributed by atoms with Crippen molar-refractivity contribution in [3.05, 3.63) is 36.4 Å². The Morgan fingerprint density at radius 3 is 2.54 bits per heavy atom. The summed E-state index contributed by atoms with van der Waals surface area (Å²) in [7, 11) is 0. The van der Waals surface area contributed by atoms with Crippen molar-refractivity contribution in [3.63, 3.8) is 0 Å². The molecule has 0 radical (unpaired) electrons. The van der Waals surface area contributed by atoms with Crippen LogP contribution in [0.15, 0.2) is 36.4 Å². The summed E-state index contributed by atoms with van der Waals surface area (Å²) in [6, 6.07) is 5.37. The minimum absolute atomic E-state index is 0.0267. The first-order valence-corrected chi connectivity index (χ1v) is 3.85. The van der Waals surface area contributed by atoms with E-state index < -0.39 is 5.97 Å². The van der Waals surface area contributed by atoms with Gasteiger partial charge in [-0.1, -0.05) is 6.07 Å². The van der Waals surface area contributed by atoms with Crippen LogP contribution in [0.25, 0.3) is 5.70 Å². The summed E-state index contributed by atoms with van der Waals surface area (Å²) in [4.78, 5) is 11.1. The monoisotopic (exact) mass is 178 g/mol. The lowest BCUT2D eigenvalue weighted by Gasteiger charge is -1.91. The maximum Gasteiger partial charge on any atom is 0.408 e. The molecule has 1 aliphatic heterocycles. The van der Waals surface area contributed by atoms with Gasteiger partial charge in [-0.05, 0) is 0 Å². The third kappa shape index (κ3) is 1.26. The highest BCUT2D eigenvalue weighted by molar-refractivity contribution is 6.08. The van der Waals surface area contributed by atoms with Crippen LogP contribution in [-0.2, 0) is 9.53 Å². The molecule has 0 bridgehead atoms. The second-order valence-electron chi connectivity index (χ2n) is 2.65. The summed E-state index contributed by atoms with van der Waals surface area (Å²) in [5.74, 6) is -0.519. The number of aromatic nitrogens is 1. The molecule has 4 heteroatoms. The zero-order chi connectivity index (χ0) is 9.26. The quantitative estimate of drug-likeness (QED) is 0.495. The maximum atomic E-state index is 11.1. The molecule has 0 amide bonds. The van der Waals surface area contributed by atoms with Gasteiger partial charge in [0.05, 0.1) is 0 Å². The van der Waals surface area contributed by atoms with Crippen LogP contribution in [0.3, 0.4) is 0 Å². The van der Waals surface area contributed by atoms with Crippen molar-refractivity contribution in [2.24, 2.45) is 0 Å². The molecule has 0 spiro atoms. The summed E-state index contributed by atoms with van der Waals surface area (Å²) >= 11 is 0. The Kier molecular flexibility index (Phi) is 1.73. The lowest BCUT2D eigenvalue weighted by Crippen LogP contribution is -2.34. The Balaban J connectivity index is 2.47. The van der Waals surface area contributed by atoms with Crippen molar-refractivity contribution >= 4 is 11.7 Å². The smallest absolute Gasteiger partial charge is 0.408 e. The van der Waals surface area contributed by atoms with Gasteiger partial charge in [0.1, 0.15) is 0 Å². The second kappa shape index (κ2) is 2.90. The summed E-state index contributed by atoms with van der Waals surface area (Å²) in [6.45, 7) is -0.0317. The summed E-state index contributed by atoms with van der Waals surface area (Å²) in [5.41, 5.74) is 0.195. The van der Waals surface area contributed by atoms with Gasteiger partial charge in [0.2, 0.25) is 5.76 Å². The molecule has 1 N–H and O–H groups in total. The number of carbonyl (C=O) groups is 1. The number of cyclic esters (lactones) is 1. The number of rotatable bonds is 1. The minimum Gasteiger partial charge on any atom is -0.503 e. The van der Waals surface area contributed by atoms with Crippen LogP contribution in [0.2, 0.25) is 0 Å². The van der Waals surface area contributed by atoms with Gasteiger partial charge in [-0.25, -0.2) is 4.79 Å². The van der Waals surface area contributed by atoms with Crippen LogP contribution in [0.1, 0.15) is 0 Å². The fourth-order valence-corrected chi connectivity index (χ4v) is 1.19. The van der Waals surface area contributed by atoms with Gasteiger partial charge in [-0.15, -0.1) is 0 Å². The highest BCUT2D eigenvalue weighted by Gasteiger charge is 2.33. The number of hydrogen-bond donors (Lipinski definition) is 1. The van der Waals surface area contributed by atoms with Crippen molar-refractivity contribution in [2.45, 2.75) is 0 Å². The average molecular weight is 178 g/mol. The van der Waals surface area contributed by atoms with E-state index in [1.165, 1.54) is 4.57 Å². The zero-order valence-electron chi connectivity index (χ0n) is 6.80. The van der Waals surface area contributed by atoms with E-state index >= 15 is 0 Å². The Bertz CT molecular complexity index is 370. The number of aliphatic hydroxyl groups excluding tert-OH is 1. The van der Waals surface area contributed by atoms with E-state index in [-0.39, 0.29) is 18.1 Å². The third-order valence-electron chi connectivity index (χ3n) is 1.78. The lowest BCUT2D eigenvalue weighted by atomic mass is 10.3. The first-order valence-electron chi connectivity index (χ1n) is 3.85. The largest absolute Gasteiger partial charge is 0.503 e. The molecule has 0 atom stereocenters. The molecule has 0 aliphatic carbocycles. The van der Waals surface area contributed by atoms with Crippen LogP contribution in [0, 0.1) is 0 Å². The lowest BCUT2D eigenvalue weighted by molar-refractivity contribution is -0.578. The number of aliphatic hydroxyl groups is 1. The van der Waals surface area contributed by atoms with Crippen LogP contribution < -0.4 is 4.57 Å². The average Bonchev–Trinajstić information content (AvgIpc) is 2.48. The number of carbonyl (C=O) groups excluding carboxylic acids is 1. The molecule has 2 heterocycles. The molecule has 0 saturated heterocycles. The van der Waals surface area contributed by atoms with Crippen molar-refractivity contribution in [2.75, 3.05) is 6.61 Å². The van der Waals surface area contributed by atoms with Gasteiger partial charge >= 0.3 is 11.7 Å². The first kappa shape index (κ1) is 7.79. The van der Waals surface area contributed by atoms with Crippen LogP contribution in [0.4, 0.5) is 0 Å². The maximum absolute atomic E-state index is 11.1. The molecule has 4 nitrogen and oxygen atoms in total. The molecule has 2 rings (SSSR count). The predicted octanol–water partition coefficient (Wildman–Crippen LogP) is 0.257. The van der Waals surface area contributed by atoms with E-state index in [0.29, 0.717) is 0 Å². The molecule has 0 fully saturated rings. The first-order chi connectivity index (χ1) is 6.29. The van der Waals surface area contributed by atoms with Gasteiger partial charge in [-0.3, -0.25) is 0 Å². The molecule has 13 heavy (non-hydrogen) atoms. The zero-order valence-corrected chi connectivity index (χ0v) is 6.80. The highest BCUT2D eigenvalue weighted by Crippen LogP contribution is 2.11. The minimum atomic E-state index is -0.492. The molecule has 0 unspecified atom stereocenters. The third-order valence-corrected chi connectivity index (χ3v) is 1.78. The standard InChI is InChI=1S/C9H7NO3/c11-7-6-13-9(12)8(7)10-4-2-1-3-5-10/h1-5H,6H2/p+1. The van der Waals surface area contributed by atoms with Gasteiger partial charge < -0.3 is 9.84 Å². The van der Waals surface area contributed by atoms with Crippen molar-refractivity contribution < 1.29 is 19.2 Å². The van der Waals surface area contributed by atoms with Gasteiger partial charge in [0, 0.05) is 12.1 Å². The normalized spacial score (nSPS) is 16.2. The number of esters is 1. The van der Waals surface area contributed by atoms with E-state index in [1.807, 2.05) is 6.07 Å². The van der Waals surface area contributed by atoms with Gasteiger partial charge in [0.15, 0.2) is 19.0 Å². The van der Waals surface area contributed by atoms with E-state index in [0.717, 1.165) is 0 Å². The summed E-state index contributed by atoms with van der Waals surface area (Å²) in [5, 5.41) is 9.33. The number of nitrogens with zero attached hydrogens (tertiary/aromatic N) is 1. The van der Waals surface area contributed by atoms with Crippen LogP contribution in [0.5, 0.6) is 0 Å². The molecule has 1 aromatic rings. The SMILES string of the molecule is O=C1OCC(O)=C1[n+]1ccccc1. The van der Waals surface area contributed by atoms with Gasteiger partial charge in [0.25, 0.3) is 0 Å². The number of ether oxygens (including phenoxy) is 1. The Labute approximate surface area is 74.7 Å². The molecule has 0 saturated carbocycles. The number of pyridine rings is 1. The summed E-state index contributed by atoms with van der Waals surface area (Å²) in [6.07, 6.45) is 3.36. The molecule has 0 aromatic carbocycles. The van der Waals surface area contributed by atoms with E-state index in [1.54, 1.807) is 24.5 Å². The molecule has 1 aliphatic rings. The van der Waals surface area contributed by atoms with Crippen LogP contribution in [-0.4, -0.2) is 17.7 Å². The van der Waals surface area contributed by atoms with E-state index in [2.05, 4.69) is 4.74 Å². The van der Waals surface area contributed by atoms with E-state index in [4.69, 9.17) is 0 Å². The van der Waals surface area contributed by atoms with Crippen molar-refractivity contribution in [1.29, 1.82) is 0 Å². The Morgan fingerprint density at radius 2 is 2.00 bits per heavy atom. The fourth-order valence-electron chi connectivity index (χ4n) is 1.19. The molecular weight excluding hydrogens is 170 g/mol. The van der Waals surface area contributed by atoms with Gasteiger partial charge in [-0.2, -0.15) is 4.57 Å². The second-order valence-corrected chi connectivity index (χ2v) is 2.65.